The summed E-state index contributed by atoms with van der Waals surface area (Å²) in [6, 6.07) is 20.6. The lowest BCUT2D eigenvalue weighted by Crippen LogP contribution is -2.07. The molecular weight excluding hydrogens is 296 g/mol. The predicted molar refractivity (Wildman–Crippen MR) is 100 cm³/mol. The monoisotopic (exact) mass is 318 g/mol. The van der Waals surface area contributed by atoms with Gasteiger partial charge in [-0.05, 0) is 19.4 Å². The zero-order valence-corrected chi connectivity index (χ0v) is 14.1. The highest BCUT2D eigenvalue weighted by Gasteiger charge is 2.06. The highest BCUT2D eigenvalue weighted by atomic mass is 15.1. The number of hydrogen-bond acceptors (Lipinski definition) is 4. The number of nitrogens with zero attached hydrogens (tertiary/aromatic N) is 2. The van der Waals surface area contributed by atoms with E-state index < -0.39 is 0 Å². The first-order chi connectivity index (χ1) is 11.7. The highest BCUT2D eigenvalue weighted by Crippen LogP contribution is 2.21. The summed E-state index contributed by atoms with van der Waals surface area (Å²) in [6.07, 6.45) is 0. The van der Waals surface area contributed by atoms with Crippen LogP contribution in [0.1, 0.15) is 18.1 Å². The van der Waals surface area contributed by atoms with Crippen molar-refractivity contribution in [2.75, 3.05) is 17.2 Å². The Labute approximate surface area is 143 Å². The van der Waals surface area contributed by atoms with Crippen LogP contribution < -0.4 is 10.6 Å². The van der Waals surface area contributed by atoms with Crippen LogP contribution in [0.25, 0.3) is 11.3 Å². The Bertz CT molecular complexity index is 800. The minimum Gasteiger partial charge on any atom is -0.366 e. The molecule has 0 radical (unpaired) electrons. The largest absolute Gasteiger partial charge is 0.366 e. The van der Waals surface area contributed by atoms with E-state index in [0.29, 0.717) is 5.95 Å². The molecule has 122 valence electrons. The Morgan fingerprint density at radius 1 is 0.875 bits per heavy atom. The second-order valence-electron chi connectivity index (χ2n) is 5.70. The van der Waals surface area contributed by atoms with Crippen LogP contribution in [0.3, 0.4) is 0 Å². The summed E-state index contributed by atoms with van der Waals surface area (Å²) in [6.45, 7) is 5.66. The van der Waals surface area contributed by atoms with Gasteiger partial charge in [0, 0.05) is 24.7 Å². The lowest BCUT2D eigenvalue weighted by Gasteiger charge is -2.11. The molecule has 1 heterocycles. The second-order valence-corrected chi connectivity index (χ2v) is 5.70. The van der Waals surface area contributed by atoms with Crippen LogP contribution in [0, 0.1) is 6.92 Å². The third kappa shape index (κ3) is 4.10. The van der Waals surface area contributed by atoms with Crippen molar-refractivity contribution in [3.8, 4) is 11.3 Å². The van der Waals surface area contributed by atoms with Gasteiger partial charge in [-0.2, -0.15) is 4.98 Å². The molecule has 4 heteroatoms. The maximum Gasteiger partial charge on any atom is 0.225 e. The number of anilines is 2. The molecule has 1 aromatic heterocycles. The standard InChI is InChI=1S/C20H22N4/c1-3-21-20-23-18(17-10-5-4-6-11-17)13-19(24-20)22-14-16-9-7-8-15(2)12-16/h4-13H,3,14H2,1-2H3,(H2,21,22,23,24). The van der Waals surface area contributed by atoms with Gasteiger partial charge in [0.25, 0.3) is 0 Å². The number of aromatic nitrogens is 2. The predicted octanol–water partition coefficient (Wildman–Crippen LogP) is 4.50. The number of hydrogen-bond donors (Lipinski definition) is 2. The first-order valence-electron chi connectivity index (χ1n) is 8.22. The maximum atomic E-state index is 4.60. The average molecular weight is 318 g/mol. The van der Waals surface area contributed by atoms with E-state index in [-0.39, 0.29) is 0 Å². The maximum absolute atomic E-state index is 4.60. The molecule has 0 aliphatic carbocycles. The third-order valence-corrected chi connectivity index (χ3v) is 3.69. The summed E-state index contributed by atoms with van der Waals surface area (Å²) in [5, 5.41) is 6.61. The Balaban J connectivity index is 1.85. The van der Waals surface area contributed by atoms with E-state index in [0.717, 1.165) is 30.2 Å². The fourth-order valence-corrected chi connectivity index (χ4v) is 2.55. The van der Waals surface area contributed by atoms with Crippen molar-refractivity contribution in [2.45, 2.75) is 20.4 Å². The molecule has 3 rings (SSSR count). The lowest BCUT2D eigenvalue weighted by molar-refractivity contribution is 1.05. The van der Waals surface area contributed by atoms with Gasteiger partial charge in [-0.1, -0.05) is 60.2 Å². The van der Waals surface area contributed by atoms with Crippen LogP contribution in [0.2, 0.25) is 0 Å². The molecule has 3 aromatic rings. The van der Waals surface area contributed by atoms with Crippen LogP contribution in [-0.2, 0) is 6.54 Å². The van der Waals surface area contributed by atoms with E-state index in [2.05, 4.69) is 63.9 Å². The minimum atomic E-state index is 0.644. The molecular formula is C20H22N4. The van der Waals surface area contributed by atoms with Gasteiger partial charge >= 0.3 is 0 Å². The van der Waals surface area contributed by atoms with Crippen molar-refractivity contribution in [3.05, 3.63) is 71.8 Å². The SMILES string of the molecule is CCNc1nc(NCc2cccc(C)c2)cc(-c2ccccc2)n1. The molecule has 2 aromatic carbocycles. The van der Waals surface area contributed by atoms with Gasteiger partial charge in [-0.15, -0.1) is 0 Å². The minimum absolute atomic E-state index is 0.644. The van der Waals surface area contributed by atoms with Crippen LogP contribution >= 0.6 is 0 Å². The molecule has 0 bridgehead atoms. The van der Waals surface area contributed by atoms with Crippen LogP contribution in [-0.4, -0.2) is 16.5 Å². The Morgan fingerprint density at radius 2 is 1.71 bits per heavy atom. The van der Waals surface area contributed by atoms with Crippen molar-refractivity contribution >= 4 is 11.8 Å². The van der Waals surface area contributed by atoms with Crippen molar-refractivity contribution in [2.24, 2.45) is 0 Å². The van der Waals surface area contributed by atoms with Gasteiger partial charge in [0.2, 0.25) is 5.95 Å². The van der Waals surface area contributed by atoms with E-state index >= 15 is 0 Å². The topological polar surface area (TPSA) is 49.8 Å². The molecule has 0 aliphatic heterocycles. The fourth-order valence-electron chi connectivity index (χ4n) is 2.55. The summed E-state index contributed by atoms with van der Waals surface area (Å²) >= 11 is 0. The van der Waals surface area contributed by atoms with E-state index in [1.807, 2.05) is 31.2 Å². The van der Waals surface area contributed by atoms with Gasteiger partial charge in [-0.25, -0.2) is 4.98 Å². The summed E-state index contributed by atoms with van der Waals surface area (Å²) in [7, 11) is 0. The Morgan fingerprint density at radius 3 is 2.46 bits per heavy atom. The van der Waals surface area contributed by atoms with Crippen molar-refractivity contribution in [1.82, 2.24) is 9.97 Å². The normalized spacial score (nSPS) is 10.4. The highest BCUT2D eigenvalue weighted by molar-refractivity contribution is 5.64. The van der Waals surface area contributed by atoms with Crippen molar-refractivity contribution in [3.63, 3.8) is 0 Å². The Hall–Kier alpha value is -2.88. The smallest absolute Gasteiger partial charge is 0.225 e. The van der Waals surface area contributed by atoms with Gasteiger partial charge in [0.15, 0.2) is 0 Å². The third-order valence-electron chi connectivity index (χ3n) is 3.69. The van der Waals surface area contributed by atoms with E-state index in [1.54, 1.807) is 0 Å². The number of nitrogens with one attached hydrogen (secondary N) is 2. The molecule has 2 N–H and O–H groups in total. The number of benzene rings is 2. The van der Waals surface area contributed by atoms with Gasteiger partial charge in [0.1, 0.15) is 5.82 Å². The Kier molecular flexibility index (Phi) is 5.06. The van der Waals surface area contributed by atoms with Crippen molar-refractivity contribution < 1.29 is 0 Å². The van der Waals surface area contributed by atoms with Crippen molar-refractivity contribution in [1.29, 1.82) is 0 Å². The van der Waals surface area contributed by atoms with Gasteiger partial charge in [-0.3, -0.25) is 0 Å². The molecule has 0 saturated carbocycles. The zero-order valence-electron chi connectivity index (χ0n) is 14.1. The number of aryl methyl sites for hydroxylation is 1. The molecule has 0 atom stereocenters. The number of rotatable bonds is 6. The first-order valence-corrected chi connectivity index (χ1v) is 8.22. The van der Waals surface area contributed by atoms with Gasteiger partial charge in [0.05, 0.1) is 5.69 Å². The van der Waals surface area contributed by atoms with E-state index in [4.69, 9.17) is 0 Å². The van der Waals surface area contributed by atoms with Crippen LogP contribution in [0.15, 0.2) is 60.7 Å². The summed E-state index contributed by atoms with van der Waals surface area (Å²) in [4.78, 5) is 9.15. The van der Waals surface area contributed by atoms with Crippen LogP contribution in [0.4, 0.5) is 11.8 Å². The molecule has 0 spiro atoms. The fraction of sp³-hybridized carbons (Fsp3) is 0.200. The second kappa shape index (κ2) is 7.59. The summed E-state index contributed by atoms with van der Waals surface area (Å²) < 4.78 is 0. The van der Waals surface area contributed by atoms with E-state index in [9.17, 15) is 0 Å². The quantitative estimate of drug-likeness (QED) is 0.703. The molecule has 0 fully saturated rings. The molecule has 0 amide bonds. The van der Waals surface area contributed by atoms with Crippen LogP contribution in [0.5, 0.6) is 0 Å². The molecule has 0 aliphatic rings. The average Bonchev–Trinajstić information content (AvgIpc) is 2.61. The lowest BCUT2D eigenvalue weighted by atomic mass is 10.1. The molecule has 24 heavy (non-hydrogen) atoms. The summed E-state index contributed by atoms with van der Waals surface area (Å²) in [5.41, 5.74) is 4.49. The molecule has 0 unspecified atom stereocenters. The van der Waals surface area contributed by atoms with Gasteiger partial charge < -0.3 is 10.6 Å². The first kappa shape index (κ1) is 16.0. The summed E-state index contributed by atoms with van der Waals surface area (Å²) in [5.74, 6) is 1.46. The zero-order chi connectivity index (χ0) is 16.8. The van der Waals surface area contributed by atoms with E-state index in [1.165, 1.54) is 11.1 Å². The molecule has 4 nitrogen and oxygen atoms in total. The molecule has 0 saturated heterocycles.